The Hall–Kier alpha value is -3.06. The summed E-state index contributed by atoms with van der Waals surface area (Å²) in [7, 11) is 3.22. The van der Waals surface area contributed by atoms with Gasteiger partial charge in [-0.25, -0.2) is 0 Å². The standard InChI is InChI=1S/C23H26N2O5/c1-28-18-7-3-16(4-8-18)22-20(23(27)24-11-13-30-14-12-24)15-21(26)25(22)17-5-9-19(29-2)10-6-17/h3-10,20,22H,11-15H2,1-2H3. The fourth-order valence-electron chi connectivity index (χ4n) is 4.20. The lowest BCUT2D eigenvalue weighted by atomic mass is 9.91. The van der Waals surface area contributed by atoms with Crippen LogP contribution in [0.3, 0.4) is 0 Å². The van der Waals surface area contributed by atoms with Crippen molar-refractivity contribution in [2.24, 2.45) is 5.92 Å². The maximum Gasteiger partial charge on any atom is 0.228 e. The summed E-state index contributed by atoms with van der Waals surface area (Å²) in [5, 5.41) is 0. The van der Waals surface area contributed by atoms with Crippen LogP contribution in [0.1, 0.15) is 18.0 Å². The van der Waals surface area contributed by atoms with Crippen LogP contribution < -0.4 is 14.4 Å². The van der Waals surface area contributed by atoms with E-state index in [1.54, 1.807) is 19.1 Å². The third-order valence-electron chi connectivity index (χ3n) is 5.77. The number of benzene rings is 2. The molecule has 7 heteroatoms. The number of rotatable bonds is 5. The molecule has 2 unspecified atom stereocenters. The molecule has 2 aromatic rings. The smallest absolute Gasteiger partial charge is 0.228 e. The molecule has 7 nitrogen and oxygen atoms in total. The van der Waals surface area contributed by atoms with Crippen LogP contribution in [0.2, 0.25) is 0 Å². The SMILES string of the molecule is COc1ccc(C2C(C(=O)N3CCOCC3)CC(=O)N2c2ccc(OC)cc2)cc1. The van der Waals surface area contributed by atoms with Gasteiger partial charge in [-0.1, -0.05) is 12.1 Å². The van der Waals surface area contributed by atoms with E-state index in [1.807, 2.05) is 53.4 Å². The second-order valence-electron chi connectivity index (χ2n) is 7.43. The molecule has 30 heavy (non-hydrogen) atoms. The van der Waals surface area contributed by atoms with E-state index in [0.29, 0.717) is 32.1 Å². The molecule has 2 atom stereocenters. The summed E-state index contributed by atoms with van der Waals surface area (Å²) < 4.78 is 15.9. The van der Waals surface area contributed by atoms with Crippen molar-refractivity contribution in [1.29, 1.82) is 0 Å². The van der Waals surface area contributed by atoms with E-state index >= 15 is 0 Å². The monoisotopic (exact) mass is 410 g/mol. The van der Waals surface area contributed by atoms with E-state index in [0.717, 1.165) is 17.0 Å². The molecule has 0 N–H and O–H groups in total. The van der Waals surface area contributed by atoms with E-state index in [1.165, 1.54) is 0 Å². The zero-order chi connectivity index (χ0) is 21.1. The number of nitrogens with zero attached hydrogens (tertiary/aromatic N) is 2. The van der Waals surface area contributed by atoms with Gasteiger partial charge >= 0.3 is 0 Å². The second kappa shape index (κ2) is 8.75. The van der Waals surface area contributed by atoms with Crippen LogP contribution >= 0.6 is 0 Å². The Labute approximate surface area is 176 Å². The van der Waals surface area contributed by atoms with Crippen molar-refractivity contribution in [3.8, 4) is 11.5 Å². The predicted molar refractivity (Wildman–Crippen MR) is 112 cm³/mol. The van der Waals surface area contributed by atoms with Gasteiger partial charge in [0.2, 0.25) is 11.8 Å². The molecule has 2 aromatic carbocycles. The van der Waals surface area contributed by atoms with Gasteiger partial charge in [0.15, 0.2) is 0 Å². The average Bonchev–Trinajstić information content (AvgIpc) is 3.16. The van der Waals surface area contributed by atoms with Gasteiger partial charge in [0.25, 0.3) is 0 Å². The first-order valence-electron chi connectivity index (χ1n) is 10.1. The van der Waals surface area contributed by atoms with Crippen molar-refractivity contribution in [3.63, 3.8) is 0 Å². The number of carbonyl (C=O) groups is 2. The van der Waals surface area contributed by atoms with E-state index in [-0.39, 0.29) is 24.3 Å². The minimum absolute atomic E-state index is 0.00322. The Morgan fingerprint density at radius 2 is 1.50 bits per heavy atom. The molecule has 0 aliphatic carbocycles. The minimum atomic E-state index is -0.453. The quantitative estimate of drug-likeness (QED) is 0.758. The van der Waals surface area contributed by atoms with Gasteiger partial charge in [0.05, 0.1) is 39.4 Å². The van der Waals surface area contributed by atoms with Crippen LogP contribution in [-0.2, 0) is 14.3 Å². The summed E-state index contributed by atoms with van der Waals surface area (Å²) in [6.07, 6.45) is 0.179. The lowest BCUT2D eigenvalue weighted by Crippen LogP contribution is -2.45. The highest BCUT2D eigenvalue weighted by atomic mass is 16.5. The number of carbonyl (C=O) groups excluding carboxylic acids is 2. The summed E-state index contributed by atoms with van der Waals surface area (Å²) in [6.45, 7) is 2.17. The molecule has 0 spiro atoms. The van der Waals surface area contributed by atoms with Crippen molar-refractivity contribution >= 4 is 17.5 Å². The fourth-order valence-corrected chi connectivity index (χ4v) is 4.20. The normalized spacial score (nSPS) is 21.6. The lowest BCUT2D eigenvalue weighted by molar-refractivity contribution is -0.140. The van der Waals surface area contributed by atoms with Crippen molar-refractivity contribution < 1.29 is 23.8 Å². The zero-order valence-corrected chi connectivity index (χ0v) is 17.2. The number of methoxy groups -OCH3 is 2. The van der Waals surface area contributed by atoms with Crippen LogP contribution in [0, 0.1) is 5.92 Å². The molecule has 0 saturated carbocycles. The third kappa shape index (κ3) is 3.85. The molecule has 0 aromatic heterocycles. The van der Waals surface area contributed by atoms with E-state index in [2.05, 4.69) is 0 Å². The first-order chi connectivity index (χ1) is 14.6. The van der Waals surface area contributed by atoms with Crippen LogP contribution in [0.25, 0.3) is 0 Å². The molecular weight excluding hydrogens is 384 g/mol. The van der Waals surface area contributed by atoms with Gasteiger partial charge < -0.3 is 24.0 Å². The minimum Gasteiger partial charge on any atom is -0.497 e. The average molecular weight is 410 g/mol. The van der Waals surface area contributed by atoms with Gasteiger partial charge in [-0.05, 0) is 42.0 Å². The van der Waals surface area contributed by atoms with Crippen LogP contribution in [0.15, 0.2) is 48.5 Å². The van der Waals surface area contributed by atoms with Crippen LogP contribution in [0.4, 0.5) is 5.69 Å². The molecule has 158 valence electrons. The zero-order valence-electron chi connectivity index (χ0n) is 17.2. The number of hydrogen-bond donors (Lipinski definition) is 0. The van der Waals surface area contributed by atoms with Crippen molar-refractivity contribution in [3.05, 3.63) is 54.1 Å². The highest BCUT2D eigenvalue weighted by Crippen LogP contribution is 2.43. The second-order valence-corrected chi connectivity index (χ2v) is 7.43. The number of ether oxygens (including phenoxy) is 3. The molecule has 2 amide bonds. The Kier molecular flexibility index (Phi) is 5.90. The Morgan fingerprint density at radius 3 is 2.07 bits per heavy atom. The number of amides is 2. The van der Waals surface area contributed by atoms with Crippen LogP contribution in [-0.4, -0.2) is 57.2 Å². The highest BCUT2D eigenvalue weighted by Gasteiger charge is 2.46. The van der Waals surface area contributed by atoms with Crippen molar-refractivity contribution in [2.75, 3.05) is 45.4 Å². The summed E-state index contributed by atoms with van der Waals surface area (Å²) in [5.41, 5.74) is 1.66. The Bertz CT molecular complexity index is 891. The van der Waals surface area contributed by atoms with E-state index < -0.39 is 5.92 Å². The van der Waals surface area contributed by atoms with E-state index in [4.69, 9.17) is 14.2 Å². The maximum absolute atomic E-state index is 13.4. The topological polar surface area (TPSA) is 68.3 Å². The highest BCUT2D eigenvalue weighted by molar-refractivity contribution is 6.01. The summed E-state index contributed by atoms with van der Waals surface area (Å²) in [5.74, 6) is 0.935. The van der Waals surface area contributed by atoms with E-state index in [9.17, 15) is 9.59 Å². The molecule has 0 radical (unpaired) electrons. The van der Waals surface area contributed by atoms with Gasteiger partial charge in [0.1, 0.15) is 11.5 Å². The Balaban J connectivity index is 1.71. The molecular formula is C23H26N2O5. The first-order valence-corrected chi connectivity index (χ1v) is 10.1. The van der Waals surface area contributed by atoms with Gasteiger partial charge in [-0.2, -0.15) is 0 Å². The largest absolute Gasteiger partial charge is 0.497 e. The summed E-state index contributed by atoms with van der Waals surface area (Å²) in [4.78, 5) is 30.0. The van der Waals surface area contributed by atoms with Gasteiger partial charge in [-0.15, -0.1) is 0 Å². The maximum atomic E-state index is 13.4. The molecule has 2 aliphatic heterocycles. The molecule has 2 aliphatic rings. The summed E-state index contributed by atoms with van der Waals surface area (Å²) >= 11 is 0. The van der Waals surface area contributed by atoms with Crippen LogP contribution in [0.5, 0.6) is 11.5 Å². The fraction of sp³-hybridized carbons (Fsp3) is 0.391. The lowest BCUT2D eigenvalue weighted by Gasteiger charge is -2.33. The first kappa shape index (κ1) is 20.2. The Morgan fingerprint density at radius 1 is 0.933 bits per heavy atom. The van der Waals surface area contributed by atoms with Crippen molar-refractivity contribution in [2.45, 2.75) is 12.5 Å². The number of hydrogen-bond acceptors (Lipinski definition) is 5. The van der Waals surface area contributed by atoms with Crippen molar-refractivity contribution in [1.82, 2.24) is 4.90 Å². The number of anilines is 1. The summed E-state index contributed by atoms with van der Waals surface area (Å²) in [6, 6.07) is 14.6. The van der Waals surface area contributed by atoms with Gasteiger partial charge in [-0.3, -0.25) is 9.59 Å². The number of morpholine rings is 1. The van der Waals surface area contributed by atoms with Gasteiger partial charge in [0, 0.05) is 25.2 Å². The molecule has 2 heterocycles. The molecule has 0 bridgehead atoms. The molecule has 2 fully saturated rings. The predicted octanol–water partition coefficient (Wildman–Crippen LogP) is 2.66. The molecule has 2 saturated heterocycles. The molecule has 4 rings (SSSR count). The third-order valence-corrected chi connectivity index (χ3v) is 5.77.